The van der Waals surface area contributed by atoms with Gasteiger partial charge in [-0.2, -0.15) is 0 Å². The summed E-state index contributed by atoms with van der Waals surface area (Å²) in [5.74, 6) is 0. The summed E-state index contributed by atoms with van der Waals surface area (Å²) < 4.78 is 0. The van der Waals surface area contributed by atoms with Crippen molar-refractivity contribution in [1.82, 2.24) is 15.5 Å². The maximum absolute atomic E-state index is 6.18. The van der Waals surface area contributed by atoms with Crippen LogP contribution < -0.4 is 5.32 Å². The fourth-order valence-corrected chi connectivity index (χ4v) is 3.17. The van der Waals surface area contributed by atoms with Crippen molar-refractivity contribution in [3.05, 3.63) is 33.3 Å². The van der Waals surface area contributed by atoms with Gasteiger partial charge in [0.1, 0.15) is 10.0 Å². The quantitative estimate of drug-likeness (QED) is 0.920. The topological polar surface area (TPSA) is 37.8 Å². The summed E-state index contributed by atoms with van der Waals surface area (Å²) in [7, 11) is 1.92. The van der Waals surface area contributed by atoms with Crippen LogP contribution in [-0.2, 0) is 0 Å². The van der Waals surface area contributed by atoms with E-state index in [0.717, 1.165) is 22.0 Å². The number of nitrogens with zero attached hydrogens (tertiary/aromatic N) is 2. The Bertz CT molecular complexity index is 538. The summed E-state index contributed by atoms with van der Waals surface area (Å²) in [6.45, 7) is 2.11. The molecule has 1 unspecified atom stereocenters. The summed E-state index contributed by atoms with van der Waals surface area (Å²) >= 11 is 13.7. The van der Waals surface area contributed by atoms with Gasteiger partial charge in [0.15, 0.2) is 0 Å². The molecule has 6 heteroatoms. The minimum atomic E-state index is 0.231. The molecule has 0 aliphatic carbocycles. The van der Waals surface area contributed by atoms with Gasteiger partial charge in [0, 0.05) is 5.56 Å². The third kappa shape index (κ3) is 2.67. The molecular formula is C12H13Cl2N3S. The lowest BCUT2D eigenvalue weighted by Gasteiger charge is -2.08. The molecule has 1 heterocycles. The van der Waals surface area contributed by atoms with Crippen LogP contribution in [-0.4, -0.2) is 17.2 Å². The maximum atomic E-state index is 6.18. The number of halogens is 2. The predicted octanol–water partition coefficient (Wildman–Crippen LogP) is 4.18. The Hall–Kier alpha value is -0.680. The number of hydrogen-bond donors (Lipinski definition) is 1. The van der Waals surface area contributed by atoms with Crippen LogP contribution in [0.5, 0.6) is 0 Å². The second-order valence-electron chi connectivity index (χ2n) is 3.80. The van der Waals surface area contributed by atoms with E-state index in [4.69, 9.17) is 23.2 Å². The molecule has 2 rings (SSSR count). The molecule has 0 saturated heterocycles. The number of benzene rings is 1. The zero-order chi connectivity index (χ0) is 13.1. The second-order valence-corrected chi connectivity index (χ2v) is 5.59. The Balaban J connectivity index is 2.38. The normalized spacial score (nSPS) is 12.7. The highest BCUT2D eigenvalue weighted by atomic mass is 35.5. The van der Waals surface area contributed by atoms with E-state index in [1.807, 2.05) is 19.2 Å². The molecule has 2 aromatic rings. The first-order valence-corrected chi connectivity index (χ1v) is 7.19. The Morgan fingerprint density at radius 2 is 2.11 bits per heavy atom. The fraction of sp³-hybridized carbons (Fsp3) is 0.333. The SMILES string of the molecule is CCC(NC)c1nnc(-c2cccc(Cl)c2Cl)s1. The van der Waals surface area contributed by atoms with Crippen LogP contribution in [0, 0.1) is 0 Å². The zero-order valence-corrected chi connectivity index (χ0v) is 12.4. The average Bonchev–Trinajstić information content (AvgIpc) is 2.84. The average molecular weight is 302 g/mol. The Kier molecular flexibility index (Phi) is 4.56. The molecule has 96 valence electrons. The molecular weight excluding hydrogens is 289 g/mol. The van der Waals surface area contributed by atoms with Crippen molar-refractivity contribution in [2.75, 3.05) is 7.05 Å². The van der Waals surface area contributed by atoms with Crippen molar-refractivity contribution in [2.24, 2.45) is 0 Å². The van der Waals surface area contributed by atoms with E-state index in [9.17, 15) is 0 Å². The largest absolute Gasteiger partial charge is 0.311 e. The highest BCUT2D eigenvalue weighted by Gasteiger charge is 2.16. The zero-order valence-electron chi connectivity index (χ0n) is 10.1. The minimum absolute atomic E-state index is 0.231. The third-order valence-electron chi connectivity index (χ3n) is 2.68. The van der Waals surface area contributed by atoms with Gasteiger partial charge in [0.2, 0.25) is 0 Å². The first-order chi connectivity index (χ1) is 8.67. The van der Waals surface area contributed by atoms with Gasteiger partial charge in [-0.05, 0) is 19.5 Å². The molecule has 0 radical (unpaired) electrons. The van der Waals surface area contributed by atoms with E-state index >= 15 is 0 Å². The van der Waals surface area contributed by atoms with E-state index in [1.165, 1.54) is 11.3 Å². The number of aromatic nitrogens is 2. The van der Waals surface area contributed by atoms with E-state index in [0.29, 0.717) is 10.0 Å². The van der Waals surface area contributed by atoms with Crippen LogP contribution >= 0.6 is 34.5 Å². The highest BCUT2D eigenvalue weighted by Crippen LogP contribution is 2.36. The van der Waals surface area contributed by atoms with Crippen LogP contribution in [0.15, 0.2) is 18.2 Å². The highest BCUT2D eigenvalue weighted by molar-refractivity contribution is 7.14. The van der Waals surface area contributed by atoms with Crippen molar-refractivity contribution in [1.29, 1.82) is 0 Å². The smallest absolute Gasteiger partial charge is 0.149 e. The molecule has 0 saturated carbocycles. The third-order valence-corrected chi connectivity index (χ3v) is 4.57. The van der Waals surface area contributed by atoms with Crippen LogP contribution in [0.4, 0.5) is 0 Å². The Morgan fingerprint density at radius 3 is 2.78 bits per heavy atom. The summed E-state index contributed by atoms with van der Waals surface area (Å²) in [5, 5.41) is 14.4. The molecule has 0 aliphatic rings. The van der Waals surface area contributed by atoms with E-state index < -0.39 is 0 Å². The van der Waals surface area contributed by atoms with Crippen LogP contribution in [0.1, 0.15) is 24.4 Å². The summed E-state index contributed by atoms with van der Waals surface area (Å²) in [6, 6.07) is 5.76. The predicted molar refractivity (Wildman–Crippen MR) is 77.5 cm³/mol. The number of hydrogen-bond acceptors (Lipinski definition) is 4. The Morgan fingerprint density at radius 1 is 1.33 bits per heavy atom. The number of rotatable bonds is 4. The molecule has 0 spiro atoms. The first-order valence-electron chi connectivity index (χ1n) is 5.62. The molecule has 1 N–H and O–H groups in total. The second kappa shape index (κ2) is 5.97. The van der Waals surface area contributed by atoms with Gasteiger partial charge in [-0.1, -0.05) is 53.6 Å². The summed E-state index contributed by atoms with van der Waals surface area (Å²) in [4.78, 5) is 0. The van der Waals surface area contributed by atoms with E-state index in [-0.39, 0.29) is 6.04 Å². The maximum Gasteiger partial charge on any atom is 0.149 e. The lowest BCUT2D eigenvalue weighted by atomic mass is 10.2. The minimum Gasteiger partial charge on any atom is -0.311 e. The van der Waals surface area contributed by atoms with Gasteiger partial charge < -0.3 is 5.32 Å². The first kappa shape index (κ1) is 13.7. The monoisotopic (exact) mass is 301 g/mol. The molecule has 0 aliphatic heterocycles. The summed E-state index contributed by atoms with van der Waals surface area (Å²) in [5.41, 5.74) is 0.832. The van der Waals surface area contributed by atoms with Crippen LogP contribution in [0.3, 0.4) is 0 Å². The van der Waals surface area contributed by atoms with Crippen molar-refractivity contribution >= 4 is 34.5 Å². The molecule has 0 fully saturated rings. The molecule has 3 nitrogen and oxygen atoms in total. The lowest BCUT2D eigenvalue weighted by molar-refractivity contribution is 0.568. The van der Waals surface area contributed by atoms with Gasteiger partial charge in [-0.15, -0.1) is 10.2 Å². The molecule has 0 amide bonds. The summed E-state index contributed by atoms with van der Waals surface area (Å²) in [6.07, 6.45) is 0.967. The molecule has 1 atom stereocenters. The van der Waals surface area contributed by atoms with Crippen molar-refractivity contribution in [2.45, 2.75) is 19.4 Å². The van der Waals surface area contributed by atoms with Gasteiger partial charge >= 0.3 is 0 Å². The standard InChI is InChI=1S/C12H13Cl2N3S/c1-3-9(15-2)12-17-16-11(18-12)7-5-4-6-8(13)10(7)14/h4-6,9,15H,3H2,1-2H3. The molecule has 0 bridgehead atoms. The van der Waals surface area contributed by atoms with Gasteiger partial charge in [0.05, 0.1) is 16.1 Å². The van der Waals surface area contributed by atoms with E-state index in [1.54, 1.807) is 6.07 Å². The van der Waals surface area contributed by atoms with Crippen molar-refractivity contribution in [3.8, 4) is 10.6 Å². The van der Waals surface area contributed by atoms with Gasteiger partial charge in [0.25, 0.3) is 0 Å². The fourth-order valence-electron chi connectivity index (χ4n) is 1.66. The van der Waals surface area contributed by atoms with Crippen LogP contribution in [0.25, 0.3) is 10.6 Å². The van der Waals surface area contributed by atoms with Crippen molar-refractivity contribution < 1.29 is 0 Å². The molecule has 1 aromatic heterocycles. The lowest BCUT2D eigenvalue weighted by Crippen LogP contribution is -2.14. The Labute approximate surface area is 120 Å². The van der Waals surface area contributed by atoms with Crippen LogP contribution in [0.2, 0.25) is 10.0 Å². The van der Waals surface area contributed by atoms with Gasteiger partial charge in [-0.25, -0.2) is 0 Å². The van der Waals surface area contributed by atoms with Gasteiger partial charge in [-0.3, -0.25) is 0 Å². The van der Waals surface area contributed by atoms with E-state index in [2.05, 4.69) is 22.4 Å². The molecule has 1 aromatic carbocycles. The number of nitrogens with one attached hydrogen (secondary N) is 1. The molecule has 18 heavy (non-hydrogen) atoms. The van der Waals surface area contributed by atoms with Crippen molar-refractivity contribution in [3.63, 3.8) is 0 Å².